The summed E-state index contributed by atoms with van der Waals surface area (Å²) < 4.78 is 37.1. The Labute approximate surface area is 106 Å². The summed E-state index contributed by atoms with van der Waals surface area (Å²) in [6.45, 7) is 1.34. The molecule has 1 aromatic rings. The van der Waals surface area contributed by atoms with Crippen LogP contribution < -0.4 is 10.9 Å². The van der Waals surface area contributed by atoms with E-state index in [2.05, 4.69) is 10.4 Å². The Balaban J connectivity index is 2.07. The molecule has 1 aliphatic heterocycles. The van der Waals surface area contributed by atoms with E-state index in [1.165, 1.54) is 6.07 Å². The third-order valence-corrected chi connectivity index (χ3v) is 3.30. The lowest BCUT2D eigenvalue weighted by Crippen LogP contribution is -2.32. The van der Waals surface area contributed by atoms with Gasteiger partial charge < -0.3 is 5.32 Å². The third-order valence-electron chi connectivity index (χ3n) is 2.59. The predicted octanol–water partition coefficient (Wildman–Crippen LogP) is 1.14. The molecule has 0 spiro atoms. The number of halogens is 3. The highest BCUT2D eigenvalue weighted by molar-refractivity contribution is 8.00. The topological polar surface area (TPSA) is 46.9 Å². The second kappa shape index (κ2) is 5.31. The molecule has 0 radical (unpaired) electrons. The summed E-state index contributed by atoms with van der Waals surface area (Å²) in [4.78, 5) is 11.6. The summed E-state index contributed by atoms with van der Waals surface area (Å²) >= 11 is -0.138. The Bertz CT molecular complexity index is 486. The van der Waals surface area contributed by atoms with Gasteiger partial charge in [0.1, 0.15) is 0 Å². The molecular weight excluding hydrogens is 267 g/mol. The van der Waals surface area contributed by atoms with Crippen LogP contribution in [0.3, 0.4) is 0 Å². The van der Waals surface area contributed by atoms with Crippen molar-refractivity contribution in [1.29, 1.82) is 0 Å². The zero-order chi connectivity index (χ0) is 13.2. The Morgan fingerprint density at radius 1 is 1.50 bits per heavy atom. The molecule has 0 saturated heterocycles. The fraction of sp³-hybridized carbons (Fsp3) is 0.600. The van der Waals surface area contributed by atoms with Crippen LogP contribution in [0.25, 0.3) is 0 Å². The highest BCUT2D eigenvalue weighted by atomic mass is 32.2. The summed E-state index contributed by atoms with van der Waals surface area (Å²) in [7, 11) is 0. The molecule has 0 bridgehead atoms. The van der Waals surface area contributed by atoms with Gasteiger partial charge in [-0.1, -0.05) is 0 Å². The van der Waals surface area contributed by atoms with Gasteiger partial charge in [0, 0.05) is 31.3 Å². The van der Waals surface area contributed by atoms with E-state index in [0.29, 0.717) is 13.0 Å². The standard InChI is InChI=1S/C10H12F3N3OS/c11-10(12,13)18-4-3-16-9(17)5-7-6-14-2-1-8(7)15-16/h5,14H,1-4,6H2. The van der Waals surface area contributed by atoms with Crippen LogP contribution >= 0.6 is 11.8 Å². The molecule has 2 heterocycles. The van der Waals surface area contributed by atoms with Crippen LogP contribution in [0.4, 0.5) is 13.2 Å². The Kier molecular flexibility index (Phi) is 3.96. The number of hydrogen-bond donors (Lipinski definition) is 1. The van der Waals surface area contributed by atoms with Gasteiger partial charge in [-0.15, -0.1) is 0 Å². The Morgan fingerprint density at radius 2 is 2.28 bits per heavy atom. The maximum absolute atomic E-state index is 12.0. The minimum atomic E-state index is -4.26. The van der Waals surface area contributed by atoms with Gasteiger partial charge in [0.25, 0.3) is 5.56 Å². The summed E-state index contributed by atoms with van der Waals surface area (Å²) in [5, 5.41) is 7.23. The van der Waals surface area contributed by atoms with Crippen molar-refractivity contribution >= 4 is 11.8 Å². The van der Waals surface area contributed by atoms with Crippen LogP contribution in [0.1, 0.15) is 11.3 Å². The summed E-state index contributed by atoms with van der Waals surface area (Å²) in [6.07, 6.45) is 0.696. The van der Waals surface area contributed by atoms with Crippen LogP contribution in [-0.2, 0) is 19.5 Å². The molecule has 0 aliphatic carbocycles. The normalized spacial score (nSPS) is 15.5. The average molecular weight is 279 g/mol. The van der Waals surface area contributed by atoms with E-state index in [1.807, 2.05) is 0 Å². The van der Waals surface area contributed by atoms with Crippen LogP contribution in [0, 0.1) is 0 Å². The van der Waals surface area contributed by atoms with Gasteiger partial charge in [-0.3, -0.25) is 4.79 Å². The van der Waals surface area contributed by atoms with Gasteiger partial charge in [0.05, 0.1) is 12.2 Å². The van der Waals surface area contributed by atoms with Crippen LogP contribution in [-0.4, -0.2) is 27.6 Å². The predicted molar refractivity (Wildman–Crippen MR) is 62.4 cm³/mol. The number of alkyl halides is 3. The maximum atomic E-state index is 12.0. The van der Waals surface area contributed by atoms with Gasteiger partial charge in [-0.2, -0.15) is 18.3 Å². The van der Waals surface area contributed by atoms with E-state index in [1.54, 1.807) is 0 Å². The van der Waals surface area contributed by atoms with Crippen LogP contribution in [0.2, 0.25) is 0 Å². The van der Waals surface area contributed by atoms with Gasteiger partial charge in [-0.05, 0) is 17.3 Å². The molecule has 1 N–H and O–H groups in total. The highest BCUT2D eigenvalue weighted by Gasteiger charge is 2.27. The molecule has 0 fully saturated rings. The SMILES string of the molecule is O=c1cc2c(nn1CCSC(F)(F)F)CCNC2. The first-order chi connectivity index (χ1) is 8.46. The monoisotopic (exact) mass is 279 g/mol. The second-order valence-corrected chi connectivity index (χ2v) is 5.06. The lowest BCUT2D eigenvalue weighted by Gasteiger charge is -2.17. The first-order valence-corrected chi connectivity index (χ1v) is 6.45. The van der Waals surface area contributed by atoms with E-state index in [0.717, 1.165) is 22.5 Å². The number of aromatic nitrogens is 2. The fourth-order valence-corrected chi connectivity index (χ4v) is 2.26. The quantitative estimate of drug-likeness (QED) is 0.901. The van der Waals surface area contributed by atoms with Crippen molar-refractivity contribution in [3.8, 4) is 0 Å². The van der Waals surface area contributed by atoms with Crippen LogP contribution in [0.5, 0.6) is 0 Å². The first kappa shape index (κ1) is 13.4. The highest BCUT2D eigenvalue weighted by Crippen LogP contribution is 2.29. The van der Waals surface area contributed by atoms with Gasteiger partial charge in [-0.25, -0.2) is 4.68 Å². The van der Waals surface area contributed by atoms with Crippen molar-refractivity contribution in [3.63, 3.8) is 0 Å². The van der Waals surface area contributed by atoms with E-state index >= 15 is 0 Å². The number of thioether (sulfide) groups is 1. The molecule has 0 amide bonds. The van der Waals surface area contributed by atoms with E-state index < -0.39 is 5.51 Å². The van der Waals surface area contributed by atoms with Crippen molar-refractivity contribution in [2.24, 2.45) is 0 Å². The van der Waals surface area contributed by atoms with Gasteiger partial charge >= 0.3 is 5.51 Å². The molecule has 4 nitrogen and oxygen atoms in total. The zero-order valence-corrected chi connectivity index (χ0v) is 10.3. The molecule has 8 heteroatoms. The largest absolute Gasteiger partial charge is 0.441 e. The molecule has 1 aromatic heterocycles. The summed E-state index contributed by atoms with van der Waals surface area (Å²) in [5.74, 6) is -0.201. The van der Waals surface area contributed by atoms with Crippen molar-refractivity contribution < 1.29 is 13.2 Å². The number of rotatable bonds is 3. The van der Waals surface area contributed by atoms with Crippen molar-refractivity contribution in [2.45, 2.75) is 25.0 Å². The van der Waals surface area contributed by atoms with Gasteiger partial charge in [0.15, 0.2) is 0 Å². The van der Waals surface area contributed by atoms with Gasteiger partial charge in [0.2, 0.25) is 0 Å². The third kappa shape index (κ3) is 3.49. The minimum Gasteiger partial charge on any atom is -0.312 e. The molecule has 0 unspecified atom stereocenters. The van der Waals surface area contributed by atoms with Crippen molar-refractivity contribution in [1.82, 2.24) is 15.1 Å². The van der Waals surface area contributed by atoms with Crippen LogP contribution in [0.15, 0.2) is 10.9 Å². The molecule has 100 valence electrons. The van der Waals surface area contributed by atoms with Crippen molar-refractivity contribution in [2.75, 3.05) is 12.3 Å². The zero-order valence-electron chi connectivity index (χ0n) is 9.46. The second-order valence-electron chi connectivity index (χ2n) is 3.90. The molecule has 0 saturated carbocycles. The fourth-order valence-electron chi connectivity index (χ4n) is 1.77. The molecule has 0 atom stereocenters. The number of fused-ring (bicyclic) bond motifs is 1. The average Bonchev–Trinajstić information content (AvgIpc) is 2.28. The minimum absolute atomic E-state index is 0.0241. The lowest BCUT2D eigenvalue weighted by molar-refractivity contribution is -0.0328. The maximum Gasteiger partial charge on any atom is 0.441 e. The lowest BCUT2D eigenvalue weighted by atomic mass is 10.1. The first-order valence-electron chi connectivity index (χ1n) is 5.47. The molecular formula is C10H12F3N3OS. The molecule has 1 aliphatic rings. The summed E-state index contributed by atoms with van der Waals surface area (Å²) in [6, 6.07) is 1.45. The Morgan fingerprint density at radius 3 is 3.00 bits per heavy atom. The molecule has 18 heavy (non-hydrogen) atoms. The van der Waals surface area contributed by atoms with E-state index in [4.69, 9.17) is 0 Å². The smallest absolute Gasteiger partial charge is 0.312 e. The number of nitrogens with one attached hydrogen (secondary N) is 1. The molecule has 2 rings (SSSR count). The number of hydrogen-bond acceptors (Lipinski definition) is 4. The Hall–Kier alpha value is -1.02. The van der Waals surface area contributed by atoms with Crippen molar-refractivity contribution in [3.05, 3.63) is 27.7 Å². The number of nitrogens with zero attached hydrogens (tertiary/aromatic N) is 2. The number of aryl methyl sites for hydroxylation is 1. The van der Waals surface area contributed by atoms with E-state index in [-0.39, 0.29) is 29.6 Å². The summed E-state index contributed by atoms with van der Waals surface area (Å²) in [5.41, 5.74) is -2.97. The van der Waals surface area contributed by atoms with E-state index in [9.17, 15) is 18.0 Å². The molecule has 0 aromatic carbocycles.